The molecule has 0 atom stereocenters. The van der Waals surface area contributed by atoms with Crippen LogP contribution in [-0.4, -0.2) is 18.0 Å². The molecule has 0 unspecified atom stereocenters. The summed E-state index contributed by atoms with van der Waals surface area (Å²) in [6, 6.07) is 0.667. The van der Waals surface area contributed by atoms with Crippen LogP contribution in [-0.2, 0) is 4.79 Å². The number of hydrogen-bond acceptors (Lipinski definition) is 2. The van der Waals surface area contributed by atoms with Crippen LogP contribution in [0.25, 0.3) is 0 Å². The molecule has 3 nitrogen and oxygen atoms in total. The maximum Gasteiger partial charge on any atom is 0.220 e. The third-order valence-corrected chi connectivity index (χ3v) is 2.13. The summed E-state index contributed by atoms with van der Waals surface area (Å²) < 4.78 is 0. The minimum atomic E-state index is 0.168. The summed E-state index contributed by atoms with van der Waals surface area (Å²) >= 11 is 0. The first-order valence-corrected chi connectivity index (χ1v) is 4.63. The molecule has 1 rings (SSSR count). The molecule has 0 saturated heterocycles. The second-order valence-corrected chi connectivity index (χ2v) is 4.09. The van der Waals surface area contributed by atoms with E-state index >= 15 is 0 Å². The lowest BCUT2D eigenvalue weighted by molar-refractivity contribution is -0.123. The highest BCUT2D eigenvalue weighted by Crippen LogP contribution is 2.17. The SMILES string of the molecule is CC(C)CC(=O)NC1CC(N)C1. The second-order valence-electron chi connectivity index (χ2n) is 4.09. The van der Waals surface area contributed by atoms with Crippen molar-refractivity contribution in [2.75, 3.05) is 0 Å². The maximum atomic E-state index is 11.2. The Morgan fingerprint density at radius 1 is 1.58 bits per heavy atom. The first-order chi connectivity index (χ1) is 5.58. The molecule has 0 spiro atoms. The summed E-state index contributed by atoms with van der Waals surface area (Å²) in [4.78, 5) is 11.2. The van der Waals surface area contributed by atoms with Crippen molar-refractivity contribution in [1.29, 1.82) is 0 Å². The topological polar surface area (TPSA) is 55.1 Å². The van der Waals surface area contributed by atoms with Crippen LogP contribution in [0.2, 0.25) is 0 Å². The van der Waals surface area contributed by atoms with Crippen LogP contribution in [0.4, 0.5) is 0 Å². The molecule has 0 aromatic carbocycles. The van der Waals surface area contributed by atoms with Crippen LogP contribution in [0.1, 0.15) is 33.1 Å². The molecule has 3 heteroatoms. The van der Waals surface area contributed by atoms with Crippen molar-refractivity contribution in [3.8, 4) is 0 Å². The molecule has 1 aliphatic rings. The van der Waals surface area contributed by atoms with Crippen LogP contribution >= 0.6 is 0 Å². The Hall–Kier alpha value is -0.570. The molecule has 1 saturated carbocycles. The Labute approximate surface area is 73.7 Å². The van der Waals surface area contributed by atoms with Crippen LogP contribution in [0.15, 0.2) is 0 Å². The van der Waals surface area contributed by atoms with Gasteiger partial charge in [-0.05, 0) is 18.8 Å². The fourth-order valence-corrected chi connectivity index (χ4v) is 1.44. The van der Waals surface area contributed by atoms with Gasteiger partial charge in [-0.15, -0.1) is 0 Å². The first kappa shape index (κ1) is 9.52. The molecule has 1 aliphatic carbocycles. The smallest absolute Gasteiger partial charge is 0.220 e. The summed E-state index contributed by atoms with van der Waals surface area (Å²) in [5, 5.41) is 2.96. The molecule has 3 N–H and O–H groups in total. The summed E-state index contributed by atoms with van der Waals surface area (Å²) in [5.74, 6) is 0.612. The van der Waals surface area contributed by atoms with Crippen molar-refractivity contribution in [2.45, 2.75) is 45.2 Å². The molecule has 12 heavy (non-hydrogen) atoms. The van der Waals surface area contributed by atoms with Gasteiger partial charge in [0, 0.05) is 18.5 Å². The lowest BCUT2D eigenvalue weighted by Gasteiger charge is -2.33. The number of nitrogens with one attached hydrogen (secondary N) is 1. The van der Waals surface area contributed by atoms with Crippen LogP contribution in [0, 0.1) is 5.92 Å². The molecular formula is C9H18N2O. The highest BCUT2D eigenvalue weighted by Gasteiger charge is 2.26. The van der Waals surface area contributed by atoms with E-state index in [-0.39, 0.29) is 5.91 Å². The Kier molecular flexibility index (Phi) is 3.09. The number of nitrogens with two attached hydrogens (primary N) is 1. The quantitative estimate of drug-likeness (QED) is 0.653. The largest absolute Gasteiger partial charge is 0.353 e. The van der Waals surface area contributed by atoms with Crippen molar-refractivity contribution in [3.63, 3.8) is 0 Å². The highest BCUT2D eigenvalue weighted by atomic mass is 16.1. The Morgan fingerprint density at radius 3 is 2.58 bits per heavy atom. The van der Waals surface area contributed by atoms with Gasteiger partial charge in [0.1, 0.15) is 0 Å². The van der Waals surface area contributed by atoms with E-state index in [0.717, 1.165) is 12.8 Å². The molecule has 0 aliphatic heterocycles. The summed E-state index contributed by atoms with van der Waals surface area (Å²) in [6.45, 7) is 4.10. The fraction of sp³-hybridized carbons (Fsp3) is 0.889. The molecule has 0 bridgehead atoms. The van der Waals surface area contributed by atoms with Gasteiger partial charge in [-0.2, -0.15) is 0 Å². The maximum absolute atomic E-state index is 11.2. The van der Waals surface area contributed by atoms with Gasteiger partial charge in [0.15, 0.2) is 0 Å². The van der Waals surface area contributed by atoms with Gasteiger partial charge in [0.2, 0.25) is 5.91 Å². The summed E-state index contributed by atoms with van der Waals surface area (Å²) in [5.41, 5.74) is 5.59. The zero-order valence-corrected chi connectivity index (χ0v) is 7.84. The van der Waals surface area contributed by atoms with Gasteiger partial charge < -0.3 is 11.1 Å². The Balaban J connectivity index is 2.11. The lowest BCUT2D eigenvalue weighted by Crippen LogP contribution is -2.50. The minimum absolute atomic E-state index is 0.168. The molecule has 1 fully saturated rings. The van der Waals surface area contributed by atoms with Gasteiger partial charge in [-0.25, -0.2) is 0 Å². The van der Waals surface area contributed by atoms with Crippen molar-refractivity contribution >= 4 is 5.91 Å². The third-order valence-electron chi connectivity index (χ3n) is 2.13. The molecule has 0 aromatic rings. The van der Waals surface area contributed by atoms with Crippen molar-refractivity contribution in [1.82, 2.24) is 5.32 Å². The molecule has 0 heterocycles. The second kappa shape index (κ2) is 3.90. The van der Waals surface area contributed by atoms with Gasteiger partial charge in [-0.3, -0.25) is 4.79 Å². The minimum Gasteiger partial charge on any atom is -0.353 e. The monoisotopic (exact) mass is 170 g/mol. The molecule has 70 valence electrons. The average molecular weight is 170 g/mol. The van der Waals surface area contributed by atoms with E-state index in [0.29, 0.717) is 24.4 Å². The van der Waals surface area contributed by atoms with E-state index in [9.17, 15) is 4.79 Å². The van der Waals surface area contributed by atoms with Crippen LogP contribution in [0.3, 0.4) is 0 Å². The van der Waals surface area contributed by atoms with E-state index in [2.05, 4.69) is 5.32 Å². The van der Waals surface area contributed by atoms with Gasteiger partial charge in [0.25, 0.3) is 0 Å². The molecule has 1 amide bonds. The van der Waals surface area contributed by atoms with E-state index in [1.54, 1.807) is 0 Å². The van der Waals surface area contributed by atoms with Crippen LogP contribution < -0.4 is 11.1 Å². The Morgan fingerprint density at radius 2 is 2.17 bits per heavy atom. The normalized spacial score (nSPS) is 28.3. The average Bonchev–Trinajstić information content (AvgIpc) is 1.82. The first-order valence-electron chi connectivity index (χ1n) is 4.63. The number of hydrogen-bond donors (Lipinski definition) is 2. The van der Waals surface area contributed by atoms with Crippen molar-refractivity contribution < 1.29 is 4.79 Å². The van der Waals surface area contributed by atoms with Crippen molar-refractivity contribution in [3.05, 3.63) is 0 Å². The third kappa shape index (κ3) is 2.81. The van der Waals surface area contributed by atoms with Crippen LogP contribution in [0.5, 0.6) is 0 Å². The highest BCUT2D eigenvalue weighted by molar-refractivity contribution is 5.76. The number of amides is 1. The number of rotatable bonds is 3. The predicted molar refractivity (Wildman–Crippen MR) is 48.6 cm³/mol. The molecular weight excluding hydrogens is 152 g/mol. The van der Waals surface area contributed by atoms with Crippen molar-refractivity contribution in [2.24, 2.45) is 11.7 Å². The van der Waals surface area contributed by atoms with E-state index in [4.69, 9.17) is 5.73 Å². The Bertz CT molecular complexity index is 162. The van der Waals surface area contributed by atoms with E-state index < -0.39 is 0 Å². The lowest BCUT2D eigenvalue weighted by atomic mass is 9.87. The molecule has 0 aromatic heterocycles. The standard InChI is InChI=1S/C9H18N2O/c1-6(2)3-9(12)11-8-4-7(10)5-8/h6-8H,3-5,10H2,1-2H3,(H,11,12). The number of carbonyl (C=O) groups is 1. The zero-order chi connectivity index (χ0) is 9.14. The van der Waals surface area contributed by atoms with E-state index in [1.165, 1.54) is 0 Å². The summed E-state index contributed by atoms with van der Waals surface area (Å²) in [7, 11) is 0. The fourth-order valence-electron chi connectivity index (χ4n) is 1.44. The van der Waals surface area contributed by atoms with Gasteiger partial charge >= 0.3 is 0 Å². The zero-order valence-electron chi connectivity index (χ0n) is 7.84. The number of carbonyl (C=O) groups excluding carboxylic acids is 1. The predicted octanol–water partition coefficient (Wildman–Crippen LogP) is 0.638. The van der Waals surface area contributed by atoms with Gasteiger partial charge in [0.05, 0.1) is 0 Å². The molecule has 0 radical (unpaired) electrons. The van der Waals surface area contributed by atoms with Gasteiger partial charge in [-0.1, -0.05) is 13.8 Å². The van der Waals surface area contributed by atoms with E-state index in [1.807, 2.05) is 13.8 Å². The summed E-state index contributed by atoms with van der Waals surface area (Å²) in [6.07, 6.45) is 2.53.